The summed E-state index contributed by atoms with van der Waals surface area (Å²) in [6, 6.07) is 9.39. The van der Waals surface area contributed by atoms with Gasteiger partial charge in [-0.25, -0.2) is 4.98 Å². The number of aryl methyl sites for hydroxylation is 1. The average molecular weight is 253 g/mol. The average Bonchev–Trinajstić information content (AvgIpc) is 2.82. The SMILES string of the molecule is Cc1ccnc(N)c1C(N)c1coc2ccccc12. The Hall–Kier alpha value is -2.33. The van der Waals surface area contributed by atoms with Crippen molar-refractivity contribution in [1.82, 2.24) is 4.98 Å². The third-order valence-electron chi connectivity index (χ3n) is 3.40. The van der Waals surface area contributed by atoms with Crippen LogP contribution >= 0.6 is 0 Å². The fourth-order valence-corrected chi connectivity index (χ4v) is 2.39. The molecule has 0 aliphatic heterocycles. The zero-order valence-electron chi connectivity index (χ0n) is 10.6. The normalized spacial score (nSPS) is 12.7. The second-order valence-corrected chi connectivity index (χ2v) is 4.59. The van der Waals surface area contributed by atoms with Crippen molar-refractivity contribution in [3.8, 4) is 0 Å². The van der Waals surface area contributed by atoms with E-state index in [1.165, 1.54) is 0 Å². The molecule has 96 valence electrons. The van der Waals surface area contributed by atoms with Crippen LogP contribution in [0.2, 0.25) is 0 Å². The highest BCUT2D eigenvalue weighted by Gasteiger charge is 2.19. The Morgan fingerprint density at radius 3 is 2.79 bits per heavy atom. The predicted octanol–water partition coefficient (Wildman–Crippen LogP) is 2.77. The van der Waals surface area contributed by atoms with Crippen molar-refractivity contribution < 1.29 is 4.42 Å². The number of benzene rings is 1. The van der Waals surface area contributed by atoms with E-state index in [1.807, 2.05) is 37.3 Å². The lowest BCUT2D eigenvalue weighted by Crippen LogP contribution is -2.15. The van der Waals surface area contributed by atoms with E-state index in [4.69, 9.17) is 15.9 Å². The Labute approximate surface area is 111 Å². The van der Waals surface area contributed by atoms with Crippen LogP contribution in [0.1, 0.15) is 22.7 Å². The van der Waals surface area contributed by atoms with E-state index in [1.54, 1.807) is 12.5 Å². The Kier molecular flexibility index (Phi) is 2.72. The van der Waals surface area contributed by atoms with Gasteiger partial charge in [0.05, 0.1) is 12.3 Å². The standard InChI is InChI=1S/C15H15N3O/c1-9-6-7-18-15(17)13(9)14(16)11-8-19-12-5-3-2-4-10(11)12/h2-8,14H,16H2,1H3,(H2,17,18). The minimum Gasteiger partial charge on any atom is -0.464 e. The number of furan rings is 1. The molecule has 4 nitrogen and oxygen atoms in total. The monoisotopic (exact) mass is 253 g/mol. The van der Waals surface area contributed by atoms with Gasteiger partial charge in [-0.05, 0) is 24.6 Å². The summed E-state index contributed by atoms with van der Waals surface area (Å²) >= 11 is 0. The zero-order chi connectivity index (χ0) is 13.4. The van der Waals surface area contributed by atoms with Crippen molar-refractivity contribution in [3.63, 3.8) is 0 Å². The van der Waals surface area contributed by atoms with Gasteiger partial charge in [-0.15, -0.1) is 0 Å². The quantitative estimate of drug-likeness (QED) is 0.736. The van der Waals surface area contributed by atoms with Gasteiger partial charge in [0, 0.05) is 22.7 Å². The van der Waals surface area contributed by atoms with E-state index in [-0.39, 0.29) is 6.04 Å². The molecule has 0 aliphatic carbocycles. The van der Waals surface area contributed by atoms with E-state index < -0.39 is 0 Å². The molecule has 1 aromatic carbocycles. The molecule has 0 bridgehead atoms. The summed E-state index contributed by atoms with van der Waals surface area (Å²) in [5.74, 6) is 0.470. The van der Waals surface area contributed by atoms with Gasteiger partial charge in [0.15, 0.2) is 0 Å². The summed E-state index contributed by atoms with van der Waals surface area (Å²) < 4.78 is 5.53. The number of anilines is 1. The van der Waals surface area contributed by atoms with Crippen LogP contribution in [0.25, 0.3) is 11.0 Å². The first-order valence-corrected chi connectivity index (χ1v) is 6.11. The summed E-state index contributed by atoms with van der Waals surface area (Å²) in [7, 11) is 0. The molecule has 4 heteroatoms. The number of aromatic nitrogens is 1. The van der Waals surface area contributed by atoms with E-state index >= 15 is 0 Å². The number of fused-ring (bicyclic) bond motifs is 1. The number of para-hydroxylation sites is 1. The van der Waals surface area contributed by atoms with E-state index in [9.17, 15) is 0 Å². The third-order valence-corrected chi connectivity index (χ3v) is 3.40. The summed E-state index contributed by atoms with van der Waals surface area (Å²) in [6.45, 7) is 1.98. The van der Waals surface area contributed by atoms with Crippen LogP contribution in [0.5, 0.6) is 0 Å². The number of nitrogens with zero attached hydrogens (tertiary/aromatic N) is 1. The molecular formula is C15H15N3O. The molecule has 0 saturated carbocycles. The van der Waals surface area contributed by atoms with Crippen molar-refractivity contribution in [2.45, 2.75) is 13.0 Å². The molecule has 1 unspecified atom stereocenters. The Bertz CT molecular complexity index is 713. The summed E-state index contributed by atoms with van der Waals surface area (Å²) in [6.07, 6.45) is 3.38. The molecule has 4 N–H and O–H groups in total. The minimum absolute atomic E-state index is 0.336. The topological polar surface area (TPSA) is 78.1 Å². The number of hydrogen-bond donors (Lipinski definition) is 2. The van der Waals surface area contributed by atoms with Gasteiger partial charge in [-0.1, -0.05) is 18.2 Å². The predicted molar refractivity (Wildman–Crippen MR) is 75.6 cm³/mol. The van der Waals surface area contributed by atoms with Gasteiger partial charge in [0.25, 0.3) is 0 Å². The molecule has 1 atom stereocenters. The van der Waals surface area contributed by atoms with E-state index in [2.05, 4.69) is 4.98 Å². The second-order valence-electron chi connectivity index (χ2n) is 4.59. The lowest BCUT2D eigenvalue weighted by Gasteiger charge is -2.15. The fourth-order valence-electron chi connectivity index (χ4n) is 2.39. The van der Waals surface area contributed by atoms with Crippen LogP contribution in [0.4, 0.5) is 5.82 Å². The van der Waals surface area contributed by atoms with Crippen molar-refractivity contribution >= 4 is 16.8 Å². The molecule has 0 spiro atoms. The maximum atomic E-state index is 6.35. The highest BCUT2D eigenvalue weighted by molar-refractivity contribution is 5.82. The van der Waals surface area contributed by atoms with Crippen LogP contribution < -0.4 is 11.5 Å². The summed E-state index contributed by atoms with van der Waals surface area (Å²) in [5.41, 5.74) is 15.9. The van der Waals surface area contributed by atoms with Gasteiger partial charge in [-0.2, -0.15) is 0 Å². The van der Waals surface area contributed by atoms with Gasteiger partial charge < -0.3 is 15.9 Å². The summed E-state index contributed by atoms with van der Waals surface area (Å²) in [5, 5.41) is 1.01. The van der Waals surface area contributed by atoms with Crippen LogP contribution in [-0.2, 0) is 0 Å². The molecule has 0 aliphatic rings. The van der Waals surface area contributed by atoms with Crippen LogP contribution in [-0.4, -0.2) is 4.98 Å². The van der Waals surface area contributed by atoms with Crippen LogP contribution in [0.3, 0.4) is 0 Å². The van der Waals surface area contributed by atoms with Crippen molar-refractivity contribution in [1.29, 1.82) is 0 Å². The smallest absolute Gasteiger partial charge is 0.134 e. The molecular weight excluding hydrogens is 238 g/mol. The Morgan fingerprint density at radius 2 is 2.00 bits per heavy atom. The van der Waals surface area contributed by atoms with Crippen LogP contribution in [0.15, 0.2) is 47.2 Å². The van der Waals surface area contributed by atoms with Gasteiger partial charge in [0.2, 0.25) is 0 Å². The number of rotatable bonds is 2. The number of nitrogen functional groups attached to an aromatic ring is 1. The number of pyridine rings is 1. The Morgan fingerprint density at radius 1 is 1.21 bits per heavy atom. The second kappa shape index (κ2) is 4.40. The van der Waals surface area contributed by atoms with Gasteiger partial charge in [-0.3, -0.25) is 0 Å². The first-order valence-electron chi connectivity index (χ1n) is 6.11. The maximum absolute atomic E-state index is 6.35. The lowest BCUT2D eigenvalue weighted by molar-refractivity contribution is 0.607. The molecule has 0 fully saturated rings. The van der Waals surface area contributed by atoms with E-state index in [0.29, 0.717) is 5.82 Å². The highest BCUT2D eigenvalue weighted by atomic mass is 16.3. The molecule has 2 aromatic heterocycles. The number of hydrogen-bond acceptors (Lipinski definition) is 4. The van der Waals surface area contributed by atoms with Crippen LogP contribution in [0, 0.1) is 6.92 Å². The molecule has 0 saturated heterocycles. The van der Waals surface area contributed by atoms with Crippen molar-refractivity contribution in [2.75, 3.05) is 5.73 Å². The maximum Gasteiger partial charge on any atom is 0.134 e. The molecule has 2 heterocycles. The van der Waals surface area contributed by atoms with Gasteiger partial charge >= 0.3 is 0 Å². The van der Waals surface area contributed by atoms with E-state index in [0.717, 1.165) is 27.7 Å². The van der Waals surface area contributed by atoms with Gasteiger partial charge in [0.1, 0.15) is 11.4 Å². The third kappa shape index (κ3) is 1.86. The minimum atomic E-state index is -0.336. The van der Waals surface area contributed by atoms with Crippen molar-refractivity contribution in [3.05, 3.63) is 59.5 Å². The lowest BCUT2D eigenvalue weighted by atomic mass is 9.96. The summed E-state index contributed by atoms with van der Waals surface area (Å²) in [4.78, 5) is 4.12. The molecule has 0 radical (unpaired) electrons. The number of nitrogens with two attached hydrogens (primary N) is 2. The molecule has 3 rings (SSSR count). The molecule has 19 heavy (non-hydrogen) atoms. The zero-order valence-corrected chi connectivity index (χ0v) is 10.6. The first-order chi connectivity index (χ1) is 9.18. The molecule has 0 amide bonds. The first kappa shape index (κ1) is 11.7. The van der Waals surface area contributed by atoms with Crippen molar-refractivity contribution in [2.24, 2.45) is 5.73 Å². The largest absolute Gasteiger partial charge is 0.464 e. The molecule has 3 aromatic rings. The highest BCUT2D eigenvalue weighted by Crippen LogP contribution is 2.32. The Balaban J connectivity index is 2.16. The fraction of sp³-hybridized carbons (Fsp3) is 0.133.